The molecule has 1 atom stereocenters. The molecule has 4 N–H and O–H groups in total. The third-order valence-corrected chi connectivity index (χ3v) is 6.66. The average molecular weight is 448 g/mol. The Kier molecular flexibility index (Phi) is 6.77. The Bertz CT molecular complexity index is 1040. The van der Waals surface area contributed by atoms with Gasteiger partial charge in [-0.1, -0.05) is 60.7 Å². The molecule has 1 heterocycles. The lowest BCUT2D eigenvalue weighted by atomic mass is 9.82. The van der Waals surface area contributed by atoms with E-state index in [0.717, 1.165) is 31.2 Å². The van der Waals surface area contributed by atoms with Gasteiger partial charge in [-0.3, -0.25) is 14.4 Å². The number of primary amides is 1. The Morgan fingerprint density at radius 1 is 1.00 bits per heavy atom. The number of carbonyl (C=O) groups excluding carboxylic acids is 3. The standard InChI is InChI=1S/C26H29N3O4/c27-24(31)22(15-17-7-3-1-4-8-17)29-16-21(23(30)26(29)33)25(32)28-20-13-11-19(12-14-20)18-9-5-2-6-10-18/h1-10,19-20,22,30H,11-16H2,(H2,27,31)(H,28,32)/t19-,20-,22-/m0/s1. The van der Waals surface area contributed by atoms with E-state index in [-0.39, 0.29) is 24.6 Å². The molecule has 0 unspecified atom stereocenters. The molecule has 1 aliphatic heterocycles. The minimum atomic E-state index is -0.950. The van der Waals surface area contributed by atoms with Gasteiger partial charge in [0.15, 0.2) is 5.76 Å². The second-order valence-electron chi connectivity index (χ2n) is 8.80. The summed E-state index contributed by atoms with van der Waals surface area (Å²) >= 11 is 0. The summed E-state index contributed by atoms with van der Waals surface area (Å²) in [6, 6.07) is 18.6. The number of nitrogens with two attached hydrogens (primary N) is 1. The van der Waals surface area contributed by atoms with Crippen molar-refractivity contribution < 1.29 is 19.5 Å². The predicted molar refractivity (Wildman–Crippen MR) is 124 cm³/mol. The van der Waals surface area contributed by atoms with E-state index in [1.807, 2.05) is 48.5 Å². The van der Waals surface area contributed by atoms with Gasteiger partial charge in [0, 0.05) is 12.5 Å². The molecule has 0 saturated heterocycles. The lowest BCUT2D eigenvalue weighted by Gasteiger charge is -2.29. The normalized spacial score (nSPS) is 21.7. The summed E-state index contributed by atoms with van der Waals surface area (Å²) in [5.74, 6) is -2.02. The van der Waals surface area contributed by atoms with Crippen LogP contribution in [0.1, 0.15) is 42.7 Å². The van der Waals surface area contributed by atoms with Crippen LogP contribution in [0, 0.1) is 0 Å². The van der Waals surface area contributed by atoms with E-state index in [1.165, 1.54) is 10.5 Å². The first-order valence-electron chi connectivity index (χ1n) is 11.4. The van der Waals surface area contributed by atoms with Gasteiger partial charge < -0.3 is 21.1 Å². The van der Waals surface area contributed by atoms with Crippen molar-refractivity contribution >= 4 is 17.7 Å². The molecular formula is C26H29N3O4. The van der Waals surface area contributed by atoms with Crippen LogP contribution in [-0.2, 0) is 20.8 Å². The molecule has 1 aliphatic carbocycles. The molecular weight excluding hydrogens is 418 g/mol. The number of hydrogen-bond acceptors (Lipinski definition) is 4. The summed E-state index contributed by atoms with van der Waals surface area (Å²) in [6.07, 6.45) is 3.80. The summed E-state index contributed by atoms with van der Waals surface area (Å²) in [5.41, 5.74) is 7.71. The van der Waals surface area contributed by atoms with E-state index in [1.54, 1.807) is 0 Å². The van der Waals surface area contributed by atoms with Gasteiger partial charge in [0.1, 0.15) is 6.04 Å². The zero-order valence-electron chi connectivity index (χ0n) is 18.4. The van der Waals surface area contributed by atoms with E-state index in [2.05, 4.69) is 17.4 Å². The molecule has 2 aromatic carbocycles. The van der Waals surface area contributed by atoms with Gasteiger partial charge in [0.25, 0.3) is 11.8 Å². The molecule has 2 aromatic rings. The highest BCUT2D eigenvalue weighted by molar-refractivity contribution is 6.08. The van der Waals surface area contributed by atoms with Crippen LogP contribution in [0.25, 0.3) is 0 Å². The molecule has 7 heteroatoms. The SMILES string of the molecule is NC(=O)[C@H](Cc1ccccc1)N1CC(C(=O)N[C@H]2CC[C@H](c3ccccc3)CC2)=C(O)C1=O. The number of aliphatic hydroxyl groups excluding tert-OH is 1. The van der Waals surface area contributed by atoms with Crippen molar-refractivity contribution in [3.8, 4) is 0 Å². The van der Waals surface area contributed by atoms with E-state index in [4.69, 9.17) is 5.73 Å². The number of aliphatic hydroxyl groups is 1. The second kappa shape index (κ2) is 9.90. The molecule has 0 aromatic heterocycles. The van der Waals surface area contributed by atoms with Crippen LogP contribution < -0.4 is 11.1 Å². The summed E-state index contributed by atoms with van der Waals surface area (Å²) in [7, 11) is 0. The smallest absolute Gasteiger partial charge is 0.290 e. The van der Waals surface area contributed by atoms with Crippen molar-refractivity contribution in [2.24, 2.45) is 5.73 Å². The molecule has 3 amide bonds. The number of amides is 3. The van der Waals surface area contributed by atoms with E-state index in [0.29, 0.717) is 5.92 Å². The Labute approximate surface area is 193 Å². The Balaban J connectivity index is 1.37. The van der Waals surface area contributed by atoms with Crippen molar-refractivity contribution in [1.82, 2.24) is 10.2 Å². The van der Waals surface area contributed by atoms with Gasteiger partial charge in [-0.15, -0.1) is 0 Å². The summed E-state index contributed by atoms with van der Waals surface area (Å²) in [5, 5.41) is 13.4. The van der Waals surface area contributed by atoms with Crippen molar-refractivity contribution in [2.75, 3.05) is 6.54 Å². The summed E-state index contributed by atoms with van der Waals surface area (Å²) in [6.45, 7) is -0.143. The largest absolute Gasteiger partial charge is 0.503 e. The van der Waals surface area contributed by atoms with E-state index >= 15 is 0 Å². The highest BCUT2D eigenvalue weighted by Crippen LogP contribution is 2.33. The molecule has 33 heavy (non-hydrogen) atoms. The van der Waals surface area contributed by atoms with Crippen molar-refractivity contribution in [2.45, 2.75) is 50.1 Å². The third-order valence-electron chi connectivity index (χ3n) is 6.66. The van der Waals surface area contributed by atoms with Gasteiger partial charge in [-0.2, -0.15) is 0 Å². The highest BCUT2D eigenvalue weighted by atomic mass is 16.3. The predicted octanol–water partition coefficient (Wildman–Crippen LogP) is 2.58. The first-order chi connectivity index (χ1) is 15.9. The fraction of sp³-hybridized carbons (Fsp3) is 0.346. The van der Waals surface area contributed by atoms with Crippen LogP contribution >= 0.6 is 0 Å². The molecule has 0 spiro atoms. The molecule has 172 valence electrons. The Hall–Kier alpha value is -3.61. The zero-order valence-corrected chi connectivity index (χ0v) is 18.4. The number of nitrogens with one attached hydrogen (secondary N) is 1. The molecule has 0 radical (unpaired) electrons. The topological polar surface area (TPSA) is 113 Å². The number of carbonyl (C=O) groups is 3. The quantitative estimate of drug-likeness (QED) is 0.605. The van der Waals surface area contributed by atoms with E-state index in [9.17, 15) is 19.5 Å². The lowest BCUT2D eigenvalue weighted by Crippen LogP contribution is -2.48. The van der Waals surface area contributed by atoms with Crippen molar-refractivity contribution in [3.05, 3.63) is 83.1 Å². The molecule has 0 bridgehead atoms. The van der Waals surface area contributed by atoms with Crippen LogP contribution in [0.5, 0.6) is 0 Å². The molecule has 4 rings (SSSR count). The monoisotopic (exact) mass is 447 g/mol. The first kappa shape index (κ1) is 22.6. The fourth-order valence-electron chi connectivity index (χ4n) is 4.78. The maximum absolute atomic E-state index is 12.9. The lowest BCUT2D eigenvalue weighted by molar-refractivity contribution is -0.136. The summed E-state index contributed by atoms with van der Waals surface area (Å²) < 4.78 is 0. The number of benzene rings is 2. The van der Waals surface area contributed by atoms with Gasteiger partial charge in [0.2, 0.25) is 5.91 Å². The highest BCUT2D eigenvalue weighted by Gasteiger charge is 2.40. The minimum Gasteiger partial charge on any atom is -0.503 e. The van der Waals surface area contributed by atoms with Crippen LogP contribution in [0.3, 0.4) is 0 Å². The maximum Gasteiger partial charge on any atom is 0.290 e. The first-order valence-corrected chi connectivity index (χ1v) is 11.4. The molecule has 2 aliphatic rings. The zero-order chi connectivity index (χ0) is 23.4. The number of hydrogen-bond donors (Lipinski definition) is 3. The summed E-state index contributed by atoms with van der Waals surface area (Å²) in [4.78, 5) is 38.9. The minimum absolute atomic E-state index is 0.00973. The van der Waals surface area contributed by atoms with E-state index < -0.39 is 29.5 Å². The van der Waals surface area contributed by atoms with Gasteiger partial charge in [0.05, 0.1) is 12.1 Å². The molecule has 1 saturated carbocycles. The van der Waals surface area contributed by atoms with Gasteiger partial charge >= 0.3 is 0 Å². The number of rotatable bonds is 7. The third kappa shape index (κ3) is 5.08. The Morgan fingerprint density at radius 3 is 2.21 bits per heavy atom. The fourth-order valence-corrected chi connectivity index (χ4v) is 4.78. The molecule has 1 fully saturated rings. The average Bonchev–Trinajstić information content (AvgIpc) is 3.13. The number of nitrogens with zero attached hydrogens (tertiary/aromatic N) is 1. The van der Waals surface area contributed by atoms with Crippen molar-refractivity contribution in [1.29, 1.82) is 0 Å². The second-order valence-corrected chi connectivity index (χ2v) is 8.80. The van der Waals surface area contributed by atoms with Crippen LogP contribution in [-0.4, -0.2) is 46.4 Å². The maximum atomic E-state index is 12.9. The molecule has 7 nitrogen and oxygen atoms in total. The van der Waals surface area contributed by atoms with Crippen molar-refractivity contribution in [3.63, 3.8) is 0 Å². The van der Waals surface area contributed by atoms with Gasteiger partial charge in [-0.05, 0) is 42.7 Å². The van der Waals surface area contributed by atoms with Crippen LogP contribution in [0.2, 0.25) is 0 Å². The Morgan fingerprint density at radius 2 is 1.61 bits per heavy atom. The van der Waals surface area contributed by atoms with Crippen LogP contribution in [0.4, 0.5) is 0 Å². The van der Waals surface area contributed by atoms with Crippen LogP contribution in [0.15, 0.2) is 72.0 Å². The van der Waals surface area contributed by atoms with Gasteiger partial charge in [-0.25, -0.2) is 0 Å².